The summed E-state index contributed by atoms with van der Waals surface area (Å²) in [7, 11) is 1.69. The second kappa shape index (κ2) is 5.88. The van der Waals surface area contributed by atoms with E-state index in [2.05, 4.69) is 4.98 Å². The number of carbonyl (C=O) groups excluding carboxylic acids is 1. The lowest BCUT2D eigenvalue weighted by Crippen LogP contribution is -2.25. The molecule has 19 heavy (non-hydrogen) atoms. The van der Waals surface area contributed by atoms with E-state index in [-0.39, 0.29) is 6.10 Å². The van der Waals surface area contributed by atoms with E-state index < -0.39 is 5.97 Å². The van der Waals surface area contributed by atoms with E-state index in [1.807, 2.05) is 4.90 Å². The molecule has 2 rings (SSSR count). The van der Waals surface area contributed by atoms with Crippen molar-refractivity contribution in [1.82, 2.24) is 4.98 Å². The van der Waals surface area contributed by atoms with E-state index in [9.17, 15) is 4.79 Å². The number of nitrogens with two attached hydrogens (primary N) is 1. The molecule has 2 N–H and O–H groups in total. The molecule has 0 amide bonds. The fourth-order valence-corrected chi connectivity index (χ4v) is 2.21. The van der Waals surface area contributed by atoms with Crippen LogP contribution in [0.5, 0.6) is 0 Å². The molecule has 1 saturated heterocycles. The molecular formula is C13H19N3O3. The fraction of sp³-hybridized carbons (Fsp3) is 0.538. The van der Waals surface area contributed by atoms with E-state index >= 15 is 0 Å². The molecule has 0 aromatic carbocycles. The summed E-state index contributed by atoms with van der Waals surface area (Å²) in [6, 6.07) is 1.58. The molecule has 1 fully saturated rings. The number of hydrogen-bond acceptors (Lipinski definition) is 6. The van der Waals surface area contributed by atoms with Gasteiger partial charge < -0.3 is 20.1 Å². The van der Waals surface area contributed by atoms with E-state index in [1.165, 1.54) is 0 Å². The van der Waals surface area contributed by atoms with Gasteiger partial charge in [-0.05, 0) is 19.4 Å². The number of carbonyl (C=O) groups is 1. The summed E-state index contributed by atoms with van der Waals surface area (Å²) in [5.41, 5.74) is 6.78. The highest BCUT2D eigenvalue weighted by molar-refractivity contribution is 5.97. The van der Waals surface area contributed by atoms with E-state index in [0.29, 0.717) is 23.7 Å². The number of hydrogen-bond donors (Lipinski definition) is 1. The molecule has 0 bridgehead atoms. The zero-order valence-corrected chi connectivity index (χ0v) is 11.3. The smallest absolute Gasteiger partial charge is 0.340 e. The summed E-state index contributed by atoms with van der Waals surface area (Å²) in [4.78, 5) is 18.1. The summed E-state index contributed by atoms with van der Waals surface area (Å²) in [5, 5.41) is 0. The van der Waals surface area contributed by atoms with Crippen LogP contribution >= 0.6 is 0 Å². The molecule has 6 heteroatoms. The van der Waals surface area contributed by atoms with Crippen LogP contribution in [0.1, 0.15) is 23.7 Å². The normalized spacial score (nSPS) is 18.6. The van der Waals surface area contributed by atoms with Crippen LogP contribution < -0.4 is 10.6 Å². The van der Waals surface area contributed by atoms with Gasteiger partial charge in [0, 0.05) is 26.4 Å². The van der Waals surface area contributed by atoms with Crippen LogP contribution in [0.2, 0.25) is 0 Å². The standard InChI is InChI=1S/C13H19N3O3/c1-3-19-13(17)10-4-6-15-12(11(10)14)16-7-5-9(8-16)18-2/h4,6,9H,3,5,7-8,14H2,1-2H3. The number of ether oxygens (including phenoxy) is 2. The Kier molecular flexibility index (Phi) is 4.21. The van der Waals surface area contributed by atoms with Crippen LogP contribution in [0.4, 0.5) is 11.5 Å². The van der Waals surface area contributed by atoms with Crippen LogP contribution in [0, 0.1) is 0 Å². The van der Waals surface area contributed by atoms with Gasteiger partial charge in [-0.25, -0.2) is 9.78 Å². The molecule has 0 saturated carbocycles. The average molecular weight is 265 g/mol. The Morgan fingerprint density at radius 3 is 3.05 bits per heavy atom. The van der Waals surface area contributed by atoms with E-state index in [1.54, 1.807) is 26.3 Å². The van der Waals surface area contributed by atoms with Crippen LogP contribution in [0.3, 0.4) is 0 Å². The number of rotatable bonds is 4. The molecule has 1 atom stereocenters. The van der Waals surface area contributed by atoms with Crippen molar-refractivity contribution in [1.29, 1.82) is 0 Å². The highest BCUT2D eigenvalue weighted by atomic mass is 16.5. The van der Waals surface area contributed by atoms with E-state index in [0.717, 1.165) is 19.5 Å². The molecule has 1 aromatic rings. The second-order valence-electron chi connectivity index (χ2n) is 4.41. The largest absolute Gasteiger partial charge is 0.462 e. The van der Waals surface area contributed by atoms with Gasteiger partial charge in [0.1, 0.15) is 0 Å². The molecule has 1 unspecified atom stereocenters. The topological polar surface area (TPSA) is 77.7 Å². The first kappa shape index (κ1) is 13.6. The summed E-state index contributed by atoms with van der Waals surface area (Å²) in [6.45, 7) is 3.65. The van der Waals surface area contributed by atoms with Gasteiger partial charge in [0.25, 0.3) is 0 Å². The molecule has 2 heterocycles. The highest BCUT2D eigenvalue weighted by Gasteiger charge is 2.26. The third kappa shape index (κ3) is 2.78. The maximum Gasteiger partial charge on any atom is 0.340 e. The Morgan fingerprint density at radius 1 is 1.63 bits per heavy atom. The number of aromatic nitrogens is 1. The predicted octanol–water partition coefficient (Wildman–Crippen LogP) is 1.07. The molecule has 0 aliphatic carbocycles. The number of pyridine rings is 1. The Bertz CT molecular complexity index is 464. The summed E-state index contributed by atoms with van der Waals surface area (Å²) in [6.07, 6.45) is 2.70. The number of esters is 1. The van der Waals surface area contributed by atoms with Crippen LogP contribution in [-0.2, 0) is 9.47 Å². The quantitative estimate of drug-likeness (QED) is 0.820. The van der Waals surface area contributed by atoms with Gasteiger partial charge >= 0.3 is 5.97 Å². The molecule has 6 nitrogen and oxygen atoms in total. The van der Waals surface area contributed by atoms with Crippen molar-refractivity contribution in [3.8, 4) is 0 Å². The lowest BCUT2D eigenvalue weighted by atomic mass is 10.2. The monoisotopic (exact) mass is 265 g/mol. The van der Waals surface area contributed by atoms with Crippen LogP contribution in [0.15, 0.2) is 12.3 Å². The third-order valence-corrected chi connectivity index (χ3v) is 3.24. The number of anilines is 2. The van der Waals surface area contributed by atoms with Crippen LogP contribution in [-0.4, -0.2) is 43.9 Å². The lowest BCUT2D eigenvalue weighted by molar-refractivity contribution is 0.0527. The van der Waals surface area contributed by atoms with Crippen molar-refractivity contribution in [2.45, 2.75) is 19.4 Å². The summed E-state index contributed by atoms with van der Waals surface area (Å²) < 4.78 is 10.3. The first-order valence-electron chi connectivity index (χ1n) is 6.36. The number of nitrogens with zero attached hydrogens (tertiary/aromatic N) is 2. The SMILES string of the molecule is CCOC(=O)c1ccnc(N2CCC(OC)C2)c1N. The van der Waals surface area contributed by atoms with Crippen LogP contribution in [0.25, 0.3) is 0 Å². The van der Waals surface area contributed by atoms with Gasteiger partial charge in [0.05, 0.1) is 24.0 Å². The average Bonchev–Trinajstić information content (AvgIpc) is 2.88. The maximum absolute atomic E-state index is 11.8. The first-order chi connectivity index (χ1) is 9.17. The first-order valence-corrected chi connectivity index (χ1v) is 6.36. The molecule has 0 radical (unpaired) electrons. The summed E-state index contributed by atoms with van der Waals surface area (Å²) >= 11 is 0. The molecule has 0 spiro atoms. The lowest BCUT2D eigenvalue weighted by Gasteiger charge is -2.20. The minimum atomic E-state index is -0.411. The predicted molar refractivity (Wildman–Crippen MR) is 72.2 cm³/mol. The summed E-state index contributed by atoms with van der Waals surface area (Å²) in [5.74, 6) is 0.219. The highest BCUT2D eigenvalue weighted by Crippen LogP contribution is 2.28. The molecule has 1 aliphatic rings. The maximum atomic E-state index is 11.8. The Hall–Kier alpha value is -1.82. The van der Waals surface area contributed by atoms with Gasteiger partial charge in [0.15, 0.2) is 5.82 Å². The van der Waals surface area contributed by atoms with Gasteiger partial charge in [-0.2, -0.15) is 0 Å². The molecule has 1 aliphatic heterocycles. The van der Waals surface area contributed by atoms with E-state index in [4.69, 9.17) is 15.2 Å². The Balaban J connectivity index is 2.23. The van der Waals surface area contributed by atoms with Gasteiger partial charge in [0.2, 0.25) is 0 Å². The molecular weight excluding hydrogens is 246 g/mol. The van der Waals surface area contributed by atoms with Gasteiger partial charge in [-0.1, -0.05) is 0 Å². The third-order valence-electron chi connectivity index (χ3n) is 3.24. The van der Waals surface area contributed by atoms with Crippen molar-refractivity contribution in [2.75, 3.05) is 37.4 Å². The van der Waals surface area contributed by atoms with Crippen molar-refractivity contribution in [3.05, 3.63) is 17.8 Å². The molecule has 1 aromatic heterocycles. The number of methoxy groups -OCH3 is 1. The van der Waals surface area contributed by atoms with Crippen molar-refractivity contribution < 1.29 is 14.3 Å². The van der Waals surface area contributed by atoms with Crippen molar-refractivity contribution in [2.24, 2.45) is 0 Å². The van der Waals surface area contributed by atoms with Gasteiger partial charge in [-0.3, -0.25) is 0 Å². The van der Waals surface area contributed by atoms with Crippen molar-refractivity contribution in [3.63, 3.8) is 0 Å². The second-order valence-corrected chi connectivity index (χ2v) is 4.41. The van der Waals surface area contributed by atoms with Crippen molar-refractivity contribution >= 4 is 17.5 Å². The van der Waals surface area contributed by atoms with Gasteiger partial charge in [-0.15, -0.1) is 0 Å². The molecule has 104 valence electrons. The minimum Gasteiger partial charge on any atom is -0.462 e. The fourth-order valence-electron chi connectivity index (χ4n) is 2.21. The number of nitrogen functional groups attached to an aromatic ring is 1. The Labute approximate surface area is 112 Å². The zero-order chi connectivity index (χ0) is 13.8. The zero-order valence-electron chi connectivity index (χ0n) is 11.3. The minimum absolute atomic E-state index is 0.187. The Morgan fingerprint density at radius 2 is 2.42 bits per heavy atom.